The van der Waals surface area contributed by atoms with Gasteiger partial charge in [0.05, 0.1) is 6.26 Å². The highest BCUT2D eigenvalue weighted by molar-refractivity contribution is 5.18. The third kappa shape index (κ3) is 3.79. The predicted octanol–water partition coefficient (Wildman–Crippen LogP) is 2.94. The van der Waals surface area contributed by atoms with Crippen LogP contribution < -0.4 is 5.32 Å². The van der Waals surface area contributed by atoms with Gasteiger partial charge in [-0.3, -0.25) is 0 Å². The number of rotatable bonds is 6. The first-order chi connectivity index (χ1) is 8.24. The molecule has 0 saturated carbocycles. The Bertz CT molecular complexity index is 429. The molecule has 0 saturated heterocycles. The van der Waals surface area contributed by atoms with E-state index in [1.807, 2.05) is 12.1 Å². The van der Waals surface area contributed by atoms with Crippen LogP contribution in [0.1, 0.15) is 31.0 Å². The molecule has 2 N–H and O–H groups in total. The number of nitrogens with one attached hydrogen (secondary N) is 2. The van der Waals surface area contributed by atoms with Crippen LogP contribution in [-0.2, 0) is 13.0 Å². The van der Waals surface area contributed by atoms with E-state index in [0.717, 1.165) is 25.3 Å². The van der Waals surface area contributed by atoms with Gasteiger partial charge in [-0.15, -0.1) is 0 Å². The summed E-state index contributed by atoms with van der Waals surface area (Å²) >= 11 is 0. The van der Waals surface area contributed by atoms with E-state index in [1.165, 1.54) is 11.4 Å². The number of hydrogen-bond donors (Lipinski definition) is 2. The fourth-order valence-corrected chi connectivity index (χ4v) is 1.79. The van der Waals surface area contributed by atoms with Crippen LogP contribution >= 0.6 is 0 Å². The molecule has 2 aromatic heterocycles. The molecule has 0 amide bonds. The first-order valence-corrected chi connectivity index (χ1v) is 6.14. The Labute approximate surface area is 102 Å². The second kappa shape index (κ2) is 5.73. The Balaban J connectivity index is 1.83. The minimum absolute atomic E-state index is 0.688. The van der Waals surface area contributed by atoms with Crippen LogP contribution in [0.3, 0.4) is 0 Å². The molecular weight excluding hydrogens is 212 g/mol. The van der Waals surface area contributed by atoms with Gasteiger partial charge < -0.3 is 14.7 Å². The summed E-state index contributed by atoms with van der Waals surface area (Å²) < 4.78 is 5.32. The highest BCUT2D eigenvalue weighted by Gasteiger charge is 2.02. The fraction of sp³-hybridized carbons (Fsp3) is 0.429. The Morgan fingerprint density at radius 3 is 2.76 bits per heavy atom. The number of aromatic nitrogens is 1. The van der Waals surface area contributed by atoms with E-state index in [1.54, 1.807) is 6.26 Å². The van der Waals surface area contributed by atoms with Gasteiger partial charge in [-0.2, -0.15) is 0 Å². The molecule has 2 aromatic rings. The minimum atomic E-state index is 0.688. The molecule has 0 bridgehead atoms. The van der Waals surface area contributed by atoms with Crippen LogP contribution in [0.15, 0.2) is 34.9 Å². The van der Waals surface area contributed by atoms with E-state index in [9.17, 15) is 0 Å². The molecule has 17 heavy (non-hydrogen) atoms. The van der Waals surface area contributed by atoms with Gasteiger partial charge in [-0.1, -0.05) is 13.8 Å². The predicted molar refractivity (Wildman–Crippen MR) is 68.9 cm³/mol. The molecule has 2 heterocycles. The van der Waals surface area contributed by atoms with E-state index >= 15 is 0 Å². The topological polar surface area (TPSA) is 41.0 Å². The van der Waals surface area contributed by atoms with Crippen molar-refractivity contribution in [2.75, 3.05) is 6.54 Å². The number of H-pyrrole nitrogens is 1. The van der Waals surface area contributed by atoms with Gasteiger partial charge in [-0.25, -0.2) is 0 Å². The van der Waals surface area contributed by atoms with Crippen LogP contribution in [0, 0.1) is 5.92 Å². The molecule has 0 unspecified atom stereocenters. The minimum Gasteiger partial charge on any atom is -0.469 e. The lowest BCUT2D eigenvalue weighted by Gasteiger charge is -2.05. The monoisotopic (exact) mass is 232 g/mol. The lowest BCUT2D eigenvalue weighted by atomic mass is 10.2. The molecule has 92 valence electrons. The molecule has 3 nitrogen and oxygen atoms in total. The van der Waals surface area contributed by atoms with Crippen molar-refractivity contribution < 1.29 is 4.42 Å². The zero-order chi connectivity index (χ0) is 12.1. The molecule has 0 spiro atoms. The first-order valence-electron chi connectivity index (χ1n) is 6.14. The molecule has 2 rings (SSSR count). The summed E-state index contributed by atoms with van der Waals surface area (Å²) in [4.78, 5) is 3.40. The van der Waals surface area contributed by atoms with Crippen molar-refractivity contribution in [2.45, 2.75) is 26.8 Å². The number of hydrogen-bond acceptors (Lipinski definition) is 2. The third-order valence-corrected chi connectivity index (χ3v) is 2.62. The first kappa shape index (κ1) is 12.0. The van der Waals surface area contributed by atoms with Gasteiger partial charge >= 0.3 is 0 Å². The lowest BCUT2D eigenvalue weighted by Crippen LogP contribution is -2.19. The maximum atomic E-state index is 5.32. The zero-order valence-electron chi connectivity index (χ0n) is 10.5. The summed E-state index contributed by atoms with van der Waals surface area (Å²) in [6.07, 6.45) is 2.54. The average Bonchev–Trinajstić information content (AvgIpc) is 2.90. The van der Waals surface area contributed by atoms with Crippen LogP contribution in [0.5, 0.6) is 0 Å². The van der Waals surface area contributed by atoms with Crippen molar-refractivity contribution in [3.63, 3.8) is 0 Å². The molecule has 0 fully saturated rings. The van der Waals surface area contributed by atoms with E-state index in [2.05, 4.69) is 36.3 Å². The van der Waals surface area contributed by atoms with Gasteiger partial charge in [0.2, 0.25) is 0 Å². The van der Waals surface area contributed by atoms with Crippen molar-refractivity contribution in [3.05, 3.63) is 47.7 Å². The molecular formula is C14H20N2O. The fourth-order valence-electron chi connectivity index (χ4n) is 1.79. The summed E-state index contributed by atoms with van der Waals surface area (Å²) in [5.74, 6) is 1.68. The Kier molecular flexibility index (Phi) is 4.04. The zero-order valence-corrected chi connectivity index (χ0v) is 10.5. The summed E-state index contributed by atoms with van der Waals surface area (Å²) in [6.45, 7) is 6.37. The maximum absolute atomic E-state index is 5.32. The van der Waals surface area contributed by atoms with E-state index in [4.69, 9.17) is 4.42 Å². The van der Waals surface area contributed by atoms with Crippen molar-refractivity contribution in [3.8, 4) is 0 Å². The summed E-state index contributed by atoms with van der Waals surface area (Å²) in [6, 6.07) is 8.17. The molecule has 0 aromatic carbocycles. The molecule has 0 aliphatic carbocycles. The number of furan rings is 1. The molecule has 0 radical (unpaired) electrons. The van der Waals surface area contributed by atoms with Gasteiger partial charge in [0.15, 0.2) is 0 Å². The average molecular weight is 232 g/mol. The molecule has 0 aliphatic heterocycles. The van der Waals surface area contributed by atoms with Crippen molar-refractivity contribution in [1.29, 1.82) is 0 Å². The van der Waals surface area contributed by atoms with E-state index in [0.29, 0.717) is 5.92 Å². The molecule has 0 aliphatic rings. The highest BCUT2D eigenvalue weighted by Crippen LogP contribution is 2.09. The van der Waals surface area contributed by atoms with E-state index < -0.39 is 0 Å². The SMILES string of the molecule is CC(C)CNCc1ccc(Cc2ccco2)[nH]1. The van der Waals surface area contributed by atoms with Crippen LogP contribution in [0.4, 0.5) is 0 Å². The Morgan fingerprint density at radius 1 is 1.24 bits per heavy atom. The standard InChI is InChI=1S/C14H20N2O/c1-11(2)9-15-10-13-6-5-12(16-13)8-14-4-3-7-17-14/h3-7,11,15-16H,8-10H2,1-2H3. The van der Waals surface area contributed by atoms with Crippen molar-refractivity contribution in [2.24, 2.45) is 5.92 Å². The Hall–Kier alpha value is -1.48. The molecule has 3 heteroatoms. The van der Waals surface area contributed by atoms with Gasteiger partial charge in [-0.05, 0) is 36.7 Å². The van der Waals surface area contributed by atoms with Crippen molar-refractivity contribution in [1.82, 2.24) is 10.3 Å². The van der Waals surface area contributed by atoms with Crippen LogP contribution in [0.2, 0.25) is 0 Å². The summed E-state index contributed by atoms with van der Waals surface area (Å²) in [7, 11) is 0. The largest absolute Gasteiger partial charge is 0.469 e. The Morgan fingerprint density at radius 2 is 2.06 bits per heavy atom. The van der Waals surface area contributed by atoms with Gasteiger partial charge in [0.1, 0.15) is 5.76 Å². The normalized spacial score (nSPS) is 11.2. The molecule has 0 atom stereocenters. The third-order valence-electron chi connectivity index (χ3n) is 2.62. The summed E-state index contributed by atoms with van der Waals surface area (Å²) in [5.41, 5.74) is 2.42. The van der Waals surface area contributed by atoms with Crippen LogP contribution in [-0.4, -0.2) is 11.5 Å². The maximum Gasteiger partial charge on any atom is 0.109 e. The van der Waals surface area contributed by atoms with E-state index in [-0.39, 0.29) is 0 Å². The highest BCUT2D eigenvalue weighted by atomic mass is 16.3. The summed E-state index contributed by atoms with van der Waals surface area (Å²) in [5, 5.41) is 3.42. The van der Waals surface area contributed by atoms with Crippen molar-refractivity contribution >= 4 is 0 Å². The smallest absolute Gasteiger partial charge is 0.109 e. The number of aromatic amines is 1. The second-order valence-electron chi connectivity index (χ2n) is 4.79. The van der Waals surface area contributed by atoms with Gasteiger partial charge in [0.25, 0.3) is 0 Å². The quantitative estimate of drug-likeness (QED) is 0.804. The lowest BCUT2D eigenvalue weighted by molar-refractivity contribution is 0.519. The van der Waals surface area contributed by atoms with Crippen LogP contribution in [0.25, 0.3) is 0 Å². The second-order valence-corrected chi connectivity index (χ2v) is 4.79. The van der Waals surface area contributed by atoms with Gasteiger partial charge in [0, 0.05) is 24.4 Å².